The fourth-order valence-corrected chi connectivity index (χ4v) is 4.85. The number of anilines is 1. The highest BCUT2D eigenvalue weighted by Crippen LogP contribution is 2.19. The van der Waals surface area contributed by atoms with Gasteiger partial charge in [0.1, 0.15) is 23.8 Å². The molecule has 1 aliphatic rings. The van der Waals surface area contributed by atoms with Gasteiger partial charge in [-0.15, -0.1) is 0 Å². The van der Waals surface area contributed by atoms with Crippen molar-refractivity contribution in [2.45, 2.75) is 12.7 Å². The fourth-order valence-electron chi connectivity index (χ4n) is 3.33. The molecule has 2 aromatic heterocycles. The summed E-state index contributed by atoms with van der Waals surface area (Å²) in [5.41, 5.74) is 0.807. The summed E-state index contributed by atoms with van der Waals surface area (Å²) in [6, 6.07) is 11.2. The maximum absolute atomic E-state index is 12.7. The number of piperazine rings is 1. The van der Waals surface area contributed by atoms with Gasteiger partial charge in [0, 0.05) is 44.6 Å². The number of rotatable bonds is 5. The van der Waals surface area contributed by atoms with E-state index in [9.17, 15) is 8.42 Å². The summed E-state index contributed by atoms with van der Waals surface area (Å²) in [4.78, 5) is 15.0. The van der Waals surface area contributed by atoms with Gasteiger partial charge >= 0.3 is 0 Å². The number of aromatic nitrogens is 4. The van der Waals surface area contributed by atoms with Crippen molar-refractivity contribution in [1.29, 1.82) is 0 Å². The SMILES string of the molecule is Cc1nccn1-c1cc(N2CCN(S(=O)(=O)Cc3ccccc3)CC2)ncn1. The molecule has 3 aromatic rings. The van der Waals surface area contributed by atoms with Crippen LogP contribution in [-0.2, 0) is 15.8 Å². The summed E-state index contributed by atoms with van der Waals surface area (Å²) >= 11 is 0. The van der Waals surface area contributed by atoms with Crippen molar-refractivity contribution >= 4 is 15.8 Å². The van der Waals surface area contributed by atoms with Crippen LogP contribution >= 0.6 is 0 Å². The Hall–Kier alpha value is -2.78. The van der Waals surface area contributed by atoms with E-state index in [1.54, 1.807) is 10.5 Å². The molecule has 1 aliphatic heterocycles. The quantitative estimate of drug-likeness (QED) is 0.649. The Labute approximate surface area is 164 Å². The molecule has 0 spiro atoms. The molecule has 1 saturated heterocycles. The van der Waals surface area contributed by atoms with Gasteiger partial charge in [0.2, 0.25) is 10.0 Å². The molecule has 1 aromatic carbocycles. The van der Waals surface area contributed by atoms with Crippen LogP contribution in [0.3, 0.4) is 0 Å². The number of imidazole rings is 1. The van der Waals surface area contributed by atoms with Crippen LogP contribution in [0.2, 0.25) is 0 Å². The lowest BCUT2D eigenvalue weighted by Gasteiger charge is -2.34. The van der Waals surface area contributed by atoms with Crippen LogP contribution in [0.4, 0.5) is 5.82 Å². The first kappa shape index (κ1) is 18.6. The standard InChI is InChI=1S/C19H22N6O2S/c1-16-20-7-8-25(16)19-13-18(21-15-22-19)23-9-11-24(12-10-23)28(26,27)14-17-5-3-2-4-6-17/h2-8,13,15H,9-12,14H2,1H3. The predicted octanol–water partition coefficient (Wildman–Crippen LogP) is 1.62. The number of benzene rings is 1. The Morgan fingerprint density at radius 2 is 1.68 bits per heavy atom. The molecular weight excluding hydrogens is 376 g/mol. The van der Waals surface area contributed by atoms with Gasteiger partial charge in [0.15, 0.2) is 0 Å². The Kier molecular flexibility index (Phi) is 5.10. The Morgan fingerprint density at radius 3 is 2.36 bits per heavy atom. The molecule has 1 fully saturated rings. The average Bonchev–Trinajstić information content (AvgIpc) is 3.15. The van der Waals surface area contributed by atoms with E-state index < -0.39 is 10.0 Å². The summed E-state index contributed by atoms with van der Waals surface area (Å²) in [5, 5.41) is 0. The molecule has 0 amide bonds. The van der Waals surface area contributed by atoms with Crippen LogP contribution in [0.5, 0.6) is 0 Å². The molecule has 0 N–H and O–H groups in total. The minimum absolute atomic E-state index is 0.0331. The van der Waals surface area contributed by atoms with E-state index in [1.807, 2.05) is 54.1 Å². The molecule has 0 aliphatic carbocycles. The summed E-state index contributed by atoms with van der Waals surface area (Å²) in [6.45, 7) is 3.98. The van der Waals surface area contributed by atoms with Gasteiger partial charge in [0.25, 0.3) is 0 Å². The maximum atomic E-state index is 12.7. The van der Waals surface area contributed by atoms with Crippen molar-refractivity contribution in [3.8, 4) is 5.82 Å². The van der Waals surface area contributed by atoms with E-state index in [4.69, 9.17) is 0 Å². The number of aryl methyl sites for hydroxylation is 1. The molecule has 8 nitrogen and oxygen atoms in total. The third-order valence-corrected chi connectivity index (χ3v) is 6.71. The first-order valence-electron chi connectivity index (χ1n) is 9.12. The van der Waals surface area contributed by atoms with Crippen LogP contribution in [-0.4, -0.2) is 58.4 Å². The zero-order valence-corrected chi connectivity index (χ0v) is 16.5. The predicted molar refractivity (Wildman–Crippen MR) is 107 cm³/mol. The molecule has 0 atom stereocenters. The molecule has 9 heteroatoms. The monoisotopic (exact) mass is 398 g/mol. The highest BCUT2D eigenvalue weighted by Gasteiger charge is 2.27. The van der Waals surface area contributed by atoms with Crippen molar-refractivity contribution in [2.24, 2.45) is 0 Å². The third kappa shape index (κ3) is 3.90. The van der Waals surface area contributed by atoms with Crippen molar-refractivity contribution < 1.29 is 8.42 Å². The maximum Gasteiger partial charge on any atom is 0.218 e. The van der Waals surface area contributed by atoms with Crippen LogP contribution < -0.4 is 4.90 Å². The topological polar surface area (TPSA) is 84.2 Å². The smallest absolute Gasteiger partial charge is 0.218 e. The highest BCUT2D eigenvalue weighted by atomic mass is 32.2. The van der Waals surface area contributed by atoms with Crippen molar-refractivity contribution in [3.63, 3.8) is 0 Å². The van der Waals surface area contributed by atoms with Gasteiger partial charge in [-0.1, -0.05) is 30.3 Å². The summed E-state index contributed by atoms with van der Waals surface area (Å²) in [7, 11) is -3.33. The van der Waals surface area contributed by atoms with E-state index >= 15 is 0 Å². The molecule has 28 heavy (non-hydrogen) atoms. The molecule has 0 bridgehead atoms. The molecule has 0 saturated carbocycles. The van der Waals surface area contributed by atoms with Crippen LogP contribution in [0.25, 0.3) is 5.82 Å². The van der Waals surface area contributed by atoms with E-state index in [0.29, 0.717) is 26.2 Å². The second kappa shape index (κ2) is 7.69. The van der Waals surface area contributed by atoms with E-state index in [1.165, 1.54) is 6.33 Å². The normalized spacial score (nSPS) is 15.7. The lowest BCUT2D eigenvalue weighted by molar-refractivity contribution is 0.383. The number of sulfonamides is 1. The molecule has 0 unspecified atom stereocenters. The first-order chi connectivity index (χ1) is 13.5. The van der Waals surface area contributed by atoms with Crippen molar-refractivity contribution in [1.82, 2.24) is 23.8 Å². The van der Waals surface area contributed by atoms with E-state index in [-0.39, 0.29) is 5.75 Å². The molecule has 4 rings (SSSR count). The van der Waals surface area contributed by atoms with Gasteiger partial charge in [-0.2, -0.15) is 4.31 Å². The summed E-state index contributed by atoms with van der Waals surface area (Å²) in [5.74, 6) is 2.42. The van der Waals surface area contributed by atoms with Crippen LogP contribution in [0.1, 0.15) is 11.4 Å². The average molecular weight is 398 g/mol. The lowest BCUT2D eigenvalue weighted by Crippen LogP contribution is -2.49. The second-order valence-electron chi connectivity index (χ2n) is 6.71. The van der Waals surface area contributed by atoms with E-state index in [2.05, 4.69) is 19.9 Å². The van der Waals surface area contributed by atoms with Gasteiger partial charge in [-0.25, -0.2) is 23.4 Å². The summed E-state index contributed by atoms with van der Waals surface area (Å²) < 4.78 is 28.9. The van der Waals surface area contributed by atoms with Gasteiger partial charge < -0.3 is 4.90 Å². The molecule has 3 heterocycles. The number of hydrogen-bond donors (Lipinski definition) is 0. The van der Waals surface area contributed by atoms with E-state index in [0.717, 1.165) is 23.0 Å². The minimum Gasteiger partial charge on any atom is -0.354 e. The summed E-state index contributed by atoms with van der Waals surface area (Å²) in [6.07, 6.45) is 5.12. The number of hydrogen-bond acceptors (Lipinski definition) is 6. The molecular formula is C19H22N6O2S. The lowest BCUT2D eigenvalue weighted by atomic mass is 10.2. The number of nitrogens with zero attached hydrogens (tertiary/aromatic N) is 6. The Morgan fingerprint density at radius 1 is 0.964 bits per heavy atom. The first-order valence-corrected chi connectivity index (χ1v) is 10.7. The zero-order valence-electron chi connectivity index (χ0n) is 15.6. The van der Waals surface area contributed by atoms with Crippen LogP contribution in [0, 0.1) is 6.92 Å². The van der Waals surface area contributed by atoms with Crippen molar-refractivity contribution in [3.05, 3.63) is 66.5 Å². The van der Waals surface area contributed by atoms with Crippen molar-refractivity contribution in [2.75, 3.05) is 31.1 Å². The largest absolute Gasteiger partial charge is 0.354 e. The third-order valence-electron chi connectivity index (χ3n) is 4.86. The molecule has 0 radical (unpaired) electrons. The Bertz CT molecular complexity index is 1040. The molecule has 146 valence electrons. The van der Waals surface area contributed by atoms with Crippen LogP contribution in [0.15, 0.2) is 55.1 Å². The Balaban J connectivity index is 1.44. The van der Waals surface area contributed by atoms with Gasteiger partial charge in [0.05, 0.1) is 5.75 Å². The fraction of sp³-hybridized carbons (Fsp3) is 0.316. The van der Waals surface area contributed by atoms with Gasteiger partial charge in [-0.05, 0) is 12.5 Å². The highest BCUT2D eigenvalue weighted by molar-refractivity contribution is 7.88. The zero-order chi connectivity index (χ0) is 19.6. The van der Waals surface area contributed by atoms with Gasteiger partial charge in [-0.3, -0.25) is 4.57 Å². The minimum atomic E-state index is -3.33. The second-order valence-corrected chi connectivity index (χ2v) is 8.68.